The molecule has 0 aliphatic heterocycles. The molecule has 252 valence electrons. The fourth-order valence-corrected chi connectivity index (χ4v) is 8.44. The molecule has 11 aromatic rings. The summed E-state index contributed by atoms with van der Waals surface area (Å²) < 4.78 is 6.42. The van der Waals surface area contributed by atoms with Crippen LogP contribution in [0, 0.1) is 0 Å². The molecule has 0 saturated heterocycles. The smallest absolute Gasteiger partial charge is 0.136 e. The minimum absolute atomic E-state index is 0.892. The van der Waals surface area contributed by atoms with Gasteiger partial charge in [-0.2, -0.15) is 0 Å². The van der Waals surface area contributed by atoms with Crippen molar-refractivity contribution in [3.05, 3.63) is 200 Å². The largest absolute Gasteiger partial charge is 0.456 e. The number of furan rings is 1. The number of hydrogen-bond donors (Lipinski definition) is 0. The zero-order valence-corrected chi connectivity index (χ0v) is 29.4. The van der Waals surface area contributed by atoms with E-state index in [4.69, 9.17) is 4.42 Å². The average Bonchev–Trinajstić information content (AvgIpc) is 3.59. The number of hydrogen-bond acceptors (Lipinski definition) is 2. The number of fused-ring (bicyclic) bond motifs is 8. The Morgan fingerprint density at radius 1 is 0.296 bits per heavy atom. The maximum absolute atomic E-state index is 6.42. The first-order valence-corrected chi connectivity index (χ1v) is 18.5. The molecule has 0 fully saturated rings. The van der Waals surface area contributed by atoms with E-state index in [-0.39, 0.29) is 0 Å². The molecule has 2 nitrogen and oxygen atoms in total. The van der Waals surface area contributed by atoms with Crippen molar-refractivity contribution in [3.63, 3.8) is 0 Å². The van der Waals surface area contributed by atoms with Gasteiger partial charge in [-0.05, 0) is 103 Å². The molecule has 0 aliphatic carbocycles. The lowest BCUT2D eigenvalue weighted by molar-refractivity contribution is 0.669. The second kappa shape index (κ2) is 12.2. The first-order chi connectivity index (χ1) is 26.8. The normalized spacial score (nSPS) is 11.7. The van der Waals surface area contributed by atoms with E-state index >= 15 is 0 Å². The second-order valence-electron chi connectivity index (χ2n) is 14.1. The van der Waals surface area contributed by atoms with Crippen LogP contribution in [0.4, 0.5) is 17.1 Å². The molecule has 10 aromatic carbocycles. The lowest BCUT2D eigenvalue weighted by Crippen LogP contribution is -2.12. The molecule has 0 radical (unpaired) electrons. The topological polar surface area (TPSA) is 16.4 Å². The Labute approximate surface area is 312 Å². The Morgan fingerprint density at radius 3 is 1.72 bits per heavy atom. The first-order valence-electron chi connectivity index (χ1n) is 18.5. The third kappa shape index (κ3) is 4.88. The third-order valence-corrected chi connectivity index (χ3v) is 11.0. The van der Waals surface area contributed by atoms with Crippen LogP contribution in [-0.2, 0) is 0 Å². The minimum Gasteiger partial charge on any atom is -0.456 e. The summed E-state index contributed by atoms with van der Waals surface area (Å²) in [4.78, 5) is 2.45. The third-order valence-electron chi connectivity index (χ3n) is 11.0. The molecule has 11 rings (SSSR count). The van der Waals surface area contributed by atoms with Crippen LogP contribution in [0.25, 0.3) is 87.3 Å². The van der Waals surface area contributed by atoms with E-state index in [1.54, 1.807) is 0 Å². The molecule has 0 bridgehead atoms. The summed E-state index contributed by atoms with van der Waals surface area (Å²) in [6.45, 7) is 0. The van der Waals surface area contributed by atoms with Crippen LogP contribution >= 0.6 is 0 Å². The van der Waals surface area contributed by atoms with Crippen molar-refractivity contribution < 1.29 is 4.42 Å². The Kier molecular flexibility index (Phi) is 6.90. The summed E-state index contributed by atoms with van der Waals surface area (Å²) in [6.07, 6.45) is 0. The maximum Gasteiger partial charge on any atom is 0.136 e. The van der Waals surface area contributed by atoms with Crippen LogP contribution in [0.5, 0.6) is 0 Å². The zero-order valence-electron chi connectivity index (χ0n) is 29.4. The SMILES string of the molecule is c1ccc(N(c2ccc(-c3cccc4ccccc34)cc2)c2cc3ccccc3c3ccccc23)c(-c2ccc3oc4cc5ccccc5cc4c3c2)c1. The van der Waals surface area contributed by atoms with Gasteiger partial charge < -0.3 is 9.32 Å². The Hall–Kier alpha value is -7.16. The van der Waals surface area contributed by atoms with Gasteiger partial charge in [0.2, 0.25) is 0 Å². The van der Waals surface area contributed by atoms with E-state index < -0.39 is 0 Å². The van der Waals surface area contributed by atoms with Crippen LogP contribution in [0.15, 0.2) is 205 Å². The van der Waals surface area contributed by atoms with Gasteiger partial charge in [0.05, 0.1) is 11.4 Å². The quantitative estimate of drug-likeness (QED) is 0.168. The van der Waals surface area contributed by atoms with Gasteiger partial charge in [-0.3, -0.25) is 0 Å². The van der Waals surface area contributed by atoms with Gasteiger partial charge in [0.15, 0.2) is 0 Å². The van der Waals surface area contributed by atoms with Crippen molar-refractivity contribution in [2.24, 2.45) is 0 Å². The Bertz CT molecular complexity index is 3220. The Morgan fingerprint density at radius 2 is 0.889 bits per heavy atom. The number of benzene rings is 10. The van der Waals surface area contributed by atoms with Crippen LogP contribution < -0.4 is 4.90 Å². The van der Waals surface area contributed by atoms with Crippen molar-refractivity contribution in [2.75, 3.05) is 4.90 Å². The van der Waals surface area contributed by atoms with Crippen molar-refractivity contribution >= 4 is 82.1 Å². The first kappa shape index (κ1) is 30.5. The predicted molar refractivity (Wildman–Crippen MR) is 229 cm³/mol. The van der Waals surface area contributed by atoms with Gasteiger partial charge in [0, 0.05) is 27.4 Å². The monoisotopic (exact) mass is 687 g/mol. The van der Waals surface area contributed by atoms with Crippen LogP contribution in [0.1, 0.15) is 0 Å². The molecular formula is C52H33NO. The highest BCUT2D eigenvalue weighted by Gasteiger charge is 2.21. The fraction of sp³-hybridized carbons (Fsp3) is 0. The molecule has 0 saturated carbocycles. The number of nitrogens with zero attached hydrogens (tertiary/aromatic N) is 1. The standard InChI is InChI=1S/C52H33NO/c1-2-14-37-33-52-48(30-36(37)13-1)47-31-39(26-29-51(47)54-52)44-19-9-10-23-49(44)53(50-32-38-15-4-6-18-43(38)45-20-7-8-21-46(45)50)40-27-24-35(25-28-40)42-22-11-16-34-12-3-5-17-41(34)42/h1-33H. The maximum atomic E-state index is 6.42. The lowest BCUT2D eigenvalue weighted by atomic mass is 9.96. The van der Waals surface area contributed by atoms with Crippen LogP contribution in [0.3, 0.4) is 0 Å². The van der Waals surface area contributed by atoms with E-state index in [1.165, 1.54) is 54.2 Å². The molecule has 0 aliphatic rings. The van der Waals surface area contributed by atoms with E-state index in [0.717, 1.165) is 50.1 Å². The van der Waals surface area contributed by atoms with Gasteiger partial charge in [-0.1, -0.05) is 152 Å². The van der Waals surface area contributed by atoms with Crippen molar-refractivity contribution in [2.45, 2.75) is 0 Å². The summed E-state index contributed by atoms with van der Waals surface area (Å²) in [7, 11) is 0. The second-order valence-corrected chi connectivity index (χ2v) is 14.1. The van der Waals surface area contributed by atoms with Gasteiger partial charge in [0.1, 0.15) is 11.2 Å². The van der Waals surface area contributed by atoms with Gasteiger partial charge in [-0.15, -0.1) is 0 Å². The molecule has 1 aromatic heterocycles. The number of para-hydroxylation sites is 1. The van der Waals surface area contributed by atoms with Crippen LogP contribution in [-0.4, -0.2) is 0 Å². The van der Waals surface area contributed by atoms with E-state index in [0.29, 0.717) is 0 Å². The number of anilines is 3. The molecule has 0 atom stereocenters. The van der Waals surface area contributed by atoms with Gasteiger partial charge >= 0.3 is 0 Å². The molecule has 0 amide bonds. The van der Waals surface area contributed by atoms with E-state index in [1.807, 2.05) is 0 Å². The fourth-order valence-electron chi connectivity index (χ4n) is 8.44. The summed E-state index contributed by atoms with van der Waals surface area (Å²) in [5.41, 5.74) is 9.83. The van der Waals surface area contributed by atoms with Gasteiger partial charge in [0.25, 0.3) is 0 Å². The lowest BCUT2D eigenvalue weighted by Gasteiger charge is -2.30. The van der Waals surface area contributed by atoms with Crippen molar-refractivity contribution in [3.8, 4) is 22.3 Å². The molecule has 2 heteroatoms. The minimum atomic E-state index is 0.892. The van der Waals surface area contributed by atoms with Gasteiger partial charge in [-0.25, -0.2) is 0 Å². The van der Waals surface area contributed by atoms with E-state index in [9.17, 15) is 0 Å². The zero-order chi connectivity index (χ0) is 35.6. The number of rotatable bonds is 5. The summed E-state index contributed by atoms with van der Waals surface area (Å²) in [6, 6.07) is 72.4. The van der Waals surface area contributed by atoms with Crippen molar-refractivity contribution in [1.82, 2.24) is 0 Å². The molecule has 54 heavy (non-hydrogen) atoms. The van der Waals surface area contributed by atoms with E-state index in [2.05, 4.69) is 205 Å². The highest BCUT2D eigenvalue weighted by molar-refractivity contribution is 6.15. The Balaban J connectivity index is 1.14. The highest BCUT2D eigenvalue weighted by Crippen LogP contribution is 2.46. The highest BCUT2D eigenvalue weighted by atomic mass is 16.3. The average molecular weight is 688 g/mol. The summed E-state index contributed by atoms with van der Waals surface area (Å²) >= 11 is 0. The summed E-state index contributed by atoms with van der Waals surface area (Å²) in [5, 5.41) is 12.0. The van der Waals surface area contributed by atoms with Crippen molar-refractivity contribution in [1.29, 1.82) is 0 Å². The molecule has 1 heterocycles. The van der Waals surface area contributed by atoms with Crippen LogP contribution in [0.2, 0.25) is 0 Å². The predicted octanol–water partition coefficient (Wildman–Crippen LogP) is 15.0. The molecule has 0 N–H and O–H groups in total. The molecular weight excluding hydrogens is 655 g/mol. The summed E-state index contributed by atoms with van der Waals surface area (Å²) in [5.74, 6) is 0. The molecule has 0 spiro atoms. The molecule has 0 unspecified atom stereocenters.